The largest absolute Gasteiger partial charge is 0.508 e. The van der Waals surface area contributed by atoms with E-state index in [9.17, 15) is 19.2 Å². The maximum atomic E-state index is 12.5. The van der Waals surface area contributed by atoms with Crippen molar-refractivity contribution in [3.63, 3.8) is 0 Å². The Kier molecular flexibility index (Phi) is 16.0. The van der Waals surface area contributed by atoms with Gasteiger partial charge in [-0.25, -0.2) is 19.2 Å². The molecule has 0 amide bonds. The van der Waals surface area contributed by atoms with E-state index >= 15 is 0 Å². The molecule has 38 heavy (non-hydrogen) atoms. The first-order chi connectivity index (χ1) is 18.1. The van der Waals surface area contributed by atoms with Crippen molar-refractivity contribution in [1.29, 1.82) is 0 Å². The van der Waals surface area contributed by atoms with E-state index < -0.39 is 49.0 Å². The summed E-state index contributed by atoms with van der Waals surface area (Å²) >= 11 is 0. The van der Waals surface area contributed by atoms with E-state index in [1.807, 2.05) is 13.8 Å². The van der Waals surface area contributed by atoms with Crippen molar-refractivity contribution in [2.24, 2.45) is 11.8 Å². The second kappa shape index (κ2) is 18.4. The fraction of sp³-hybridized carbons (Fsp3) is 0.846. The number of carbonyl (C=O) groups is 4. The highest BCUT2D eigenvalue weighted by Crippen LogP contribution is 2.30. The van der Waals surface area contributed by atoms with E-state index in [0.717, 1.165) is 51.4 Å². The summed E-state index contributed by atoms with van der Waals surface area (Å²) < 4.78 is 30.9. The van der Waals surface area contributed by atoms with E-state index in [-0.39, 0.29) is 37.9 Å². The molecule has 0 heterocycles. The summed E-state index contributed by atoms with van der Waals surface area (Å²) in [6, 6.07) is 0. The van der Waals surface area contributed by atoms with E-state index in [4.69, 9.17) is 38.6 Å². The Bertz CT molecular complexity index is 667. The fourth-order valence-electron chi connectivity index (χ4n) is 4.30. The summed E-state index contributed by atoms with van der Waals surface area (Å²) in [7, 11) is 0. The first kappa shape index (κ1) is 33.1. The molecule has 12 nitrogen and oxygen atoms in total. The molecule has 12 heteroatoms. The van der Waals surface area contributed by atoms with Crippen molar-refractivity contribution in [2.45, 2.75) is 116 Å². The van der Waals surface area contributed by atoms with Crippen LogP contribution in [0.2, 0.25) is 0 Å². The normalized spacial score (nSPS) is 22.4. The molecule has 1 aliphatic carbocycles. The van der Waals surface area contributed by atoms with Crippen LogP contribution in [0.1, 0.15) is 91.9 Å². The predicted octanol–water partition coefficient (Wildman–Crippen LogP) is 6.38. The van der Waals surface area contributed by atoms with Gasteiger partial charge in [0.05, 0.1) is 13.2 Å². The minimum atomic E-state index is -1.66. The number of rotatable bonds is 16. The van der Waals surface area contributed by atoms with Gasteiger partial charge < -0.3 is 38.6 Å². The summed E-state index contributed by atoms with van der Waals surface area (Å²) in [4.78, 5) is 47.3. The van der Waals surface area contributed by atoms with Crippen LogP contribution in [0.4, 0.5) is 19.2 Å². The molecular formula is C26H44O12. The first-order valence-corrected chi connectivity index (χ1v) is 13.6. The van der Waals surface area contributed by atoms with Gasteiger partial charge in [0, 0.05) is 12.8 Å². The maximum Gasteiger partial charge on any atom is 0.508 e. The zero-order chi connectivity index (χ0) is 28.5. The van der Waals surface area contributed by atoms with E-state index in [1.54, 1.807) is 0 Å². The lowest BCUT2D eigenvalue weighted by Gasteiger charge is -2.37. The SMILES string of the molecule is CCCCC(CC)COC(=O)OC1CC(OC(=O)O)C(OC(=O)O)CC1OC(=O)OCC(CC)CCCC. The first-order valence-electron chi connectivity index (χ1n) is 13.6. The third kappa shape index (κ3) is 13.0. The molecule has 1 rings (SSSR count). The van der Waals surface area contributed by atoms with Gasteiger partial charge in [-0.1, -0.05) is 66.2 Å². The minimum Gasteiger partial charge on any atom is -0.450 e. The zero-order valence-electron chi connectivity index (χ0n) is 22.9. The number of carboxylic acid groups (broad SMARTS) is 2. The van der Waals surface area contributed by atoms with Crippen LogP contribution < -0.4 is 0 Å². The predicted molar refractivity (Wildman–Crippen MR) is 134 cm³/mol. The number of unbranched alkanes of at least 4 members (excludes halogenated alkanes) is 2. The van der Waals surface area contributed by atoms with Crippen LogP contribution >= 0.6 is 0 Å². The Labute approximate surface area is 224 Å². The molecule has 6 unspecified atom stereocenters. The van der Waals surface area contributed by atoms with Crippen LogP contribution in [0.5, 0.6) is 0 Å². The average Bonchev–Trinajstić information content (AvgIpc) is 2.86. The number of carbonyl (C=O) groups excluding carboxylic acids is 2. The number of hydrogen-bond donors (Lipinski definition) is 2. The summed E-state index contributed by atoms with van der Waals surface area (Å²) in [6.07, 6.45) is -3.46. The van der Waals surface area contributed by atoms with Crippen LogP contribution in [0.25, 0.3) is 0 Å². The molecule has 0 spiro atoms. The zero-order valence-corrected chi connectivity index (χ0v) is 22.9. The third-order valence-corrected chi connectivity index (χ3v) is 6.72. The van der Waals surface area contributed by atoms with Gasteiger partial charge >= 0.3 is 24.6 Å². The molecule has 2 N–H and O–H groups in total. The van der Waals surface area contributed by atoms with Crippen LogP contribution in [-0.2, 0) is 28.4 Å². The van der Waals surface area contributed by atoms with E-state index in [2.05, 4.69) is 13.8 Å². The molecule has 0 aromatic carbocycles. The van der Waals surface area contributed by atoms with Gasteiger partial charge in [-0.3, -0.25) is 0 Å². The van der Waals surface area contributed by atoms with Crippen molar-refractivity contribution in [3.8, 4) is 0 Å². The highest BCUT2D eigenvalue weighted by Gasteiger charge is 2.46. The van der Waals surface area contributed by atoms with Gasteiger partial charge in [0.15, 0.2) is 0 Å². The van der Waals surface area contributed by atoms with Crippen molar-refractivity contribution < 1.29 is 57.8 Å². The highest BCUT2D eigenvalue weighted by atomic mass is 16.8. The molecule has 0 aliphatic heterocycles. The quantitative estimate of drug-likeness (QED) is 0.162. The lowest BCUT2D eigenvalue weighted by molar-refractivity contribution is -0.139. The summed E-state index contributed by atoms with van der Waals surface area (Å²) in [5.74, 6) is 0.318. The summed E-state index contributed by atoms with van der Waals surface area (Å²) in [5.41, 5.74) is 0. The maximum absolute atomic E-state index is 12.5. The number of ether oxygens (including phenoxy) is 6. The Hall–Kier alpha value is -2.92. The Morgan fingerprint density at radius 3 is 1.26 bits per heavy atom. The smallest absolute Gasteiger partial charge is 0.450 e. The van der Waals surface area contributed by atoms with Crippen molar-refractivity contribution in [1.82, 2.24) is 0 Å². The van der Waals surface area contributed by atoms with Crippen LogP contribution in [-0.4, -0.2) is 72.5 Å². The molecule has 0 aromatic rings. The van der Waals surface area contributed by atoms with Crippen LogP contribution in [0.15, 0.2) is 0 Å². The molecular weight excluding hydrogens is 504 g/mol. The van der Waals surface area contributed by atoms with E-state index in [0.29, 0.717) is 0 Å². The molecule has 1 saturated carbocycles. The Balaban J connectivity index is 2.92. The van der Waals surface area contributed by atoms with Crippen molar-refractivity contribution in [3.05, 3.63) is 0 Å². The second-order valence-corrected chi connectivity index (χ2v) is 9.58. The van der Waals surface area contributed by atoms with E-state index in [1.165, 1.54) is 0 Å². The fourth-order valence-corrected chi connectivity index (χ4v) is 4.30. The standard InChI is InChI=1S/C26H44O12/c1-5-9-11-17(7-3)15-33-25(31)37-21-13-19(35-23(27)28)20(36-24(29)30)14-22(21)38-26(32)34-16-18(8-4)12-10-6-2/h17-22H,5-16H2,1-4H3,(H,27,28)(H,29,30). The van der Waals surface area contributed by atoms with Gasteiger partial charge in [-0.2, -0.15) is 0 Å². The highest BCUT2D eigenvalue weighted by molar-refractivity contribution is 5.62. The molecule has 1 fully saturated rings. The molecule has 0 radical (unpaired) electrons. The lowest BCUT2D eigenvalue weighted by atomic mass is 9.89. The van der Waals surface area contributed by atoms with Crippen LogP contribution in [0, 0.1) is 11.8 Å². The van der Waals surface area contributed by atoms with Crippen molar-refractivity contribution in [2.75, 3.05) is 13.2 Å². The van der Waals surface area contributed by atoms with Crippen molar-refractivity contribution >= 4 is 24.6 Å². The average molecular weight is 549 g/mol. The van der Waals surface area contributed by atoms with Gasteiger partial charge in [-0.15, -0.1) is 0 Å². The number of hydrogen-bond acceptors (Lipinski definition) is 10. The molecule has 0 bridgehead atoms. The second-order valence-electron chi connectivity index (χ2n) is 9.58. The summed E-state index contributed by atoms with van der Waals surface area (Å²) in [5, 5.41) is 18.2. The Morgan fingerprint density at radius 1 is 0.632 bits per heavy atom. The van der Waals surface area contributed by atoms with Crippen LogP contribution in [0.3, 0.4) is 0 Å². The Morgan fingerprint density at radius 2 is 0.974 bits per heavy atom. The molecule has 1 aliphatic rings. The molecule has 220 valence electrons. The monoisotopic (exact) mass is 548 g/mol. The topological polar surface area (TPSA) is 164 Å². The van der Waals surface area contributed by atoms with Gasteiger partial charge in [0.25, 0.3) is 0 Å². The minimum absolute atomic E-state index is 0.144. The van der Waals surface area contributed by atoms with Gasteiger partial charge in [0.1, 0.15) is 24.4 Å². The van der Waals surface area contributed by atoms with Gasteiger partial charge in [-0.05, 0) is 24.7 Å². The summed E-state index contributed by atoms with van der Waals surface area (Å²) in [6.45, 7) is 8.42. The molecule has 0 saturated heterocycles. The molecule has 0 aromatic heterocycles. The molecule has 6 atom stereocenters. The third-order valence-electron chi connectivity index (χ3n) is 6.72. The lowest BCUT2D eigenvalue weighted by Crippen LogP contribution is -2.51. The van der Waals surface area contributed by atoms with Gasteiger partial charge in [0.2, 0.25) is 0 Å².